The highest BCUT2D eigenvalue weighted by Gasteiger charge is 2.51. The van der Waals surface area contributed by atoms with Gasteiger partial charge in [-0.1, -0.05) is 35.9 Å². The number of aromatic amines is 1. The lowest BCUT2D eigenvalue weighted by Crippen LogP contribution is -2.43. The van der Waals surface area contributed by atoms with Crippen LogP contribution in [0.3, 0.4) is 0 Å². The molecule has 0 radical (unpaired) electrons. The van der Waals surface area contributed by atoms with E-state index < -0.39 is 16.1 Å². The van der Waals surface area contributed by atoms with E-state index in [1.807, 2.05) is 42.6 Å². The summed E-state index contributed by atoms with van der Waals surface area (Å²) in [5, 5.41) is 11.1. The molecule has 31 heavy (non-hydrogen) atoms. The van der Waals surface area contributed by atoms with E-state index in [0.29, 0.717) is 11.4 Å². The monoisotopic (exact) mass is 456 g/mol. The molecule has 2 saturated carbocycles. The van der Waals surface area contributed by atoms with Crippen LogP contribution in [0.5, 0.6) is 0 Å². The van der Waals surface area contributed by atoms with Gasteiger partial charge in [-0.05, 0) is 72.7 Å². The SMILES string of the molecule is O=S(=O)(c1ccc(Cl)cc1)N(Cc1ccc(-c2ccc[nH]2)cc1)C1CC2CCC1C2O. The van der Waals surface area contributed by atoms with E-state index >= 15 is 0 Å². The third-order valence-electron chi connectivity index (χ3n) is 6.82. The summed E-state index contributed by atoms with van der Waals surface area (Å²) < 4.78 is 28.9. The molecule has 0 spiro atoms. The van der Waals surface area contributed by atoms with Crippen molar-refractivity contribution in [2.45, 2.75) is 42.8 Å². The summed E-state index contributed by atoms with van der Waals surface area (Å²) in [4.78, 5) is 3.42. The molecule has 2 N–H and O–H groups in total. The molecule has 162 valence electrons. The molecular weight excluding hydrogens is 432 g/mol. The average Bonchev–Trinajstić information content (AvgIpc) is 3.50. The van der Waals surface area contributed by atoms with E-state index in [1.165, 1.54) is 0 Å². The Morgan fingerprint density at radius 3 is 2.35 bits per heavy atom. The number of nitrogens with zero attached hydrogens (tertiary/aromatic N) is 1. The molecule has 7 heteroatoms. The van der Waals surface area contributed by atoms with Crippen LogP contribution in [0.1, 0.15) is 24.8 Å². The van der Waals surface area contributed by atoms with Crippen LogP contribution in [0.25, 0.3) is 11.3 Å². The first-order valence-electron chi connectivity index (χ1n) is 10.6. The molecule has 0 aliphatic heterocycles. The molecule has 2 aromatic carbocycles. The predicted octanol–water partition coefficient (Wildman–Crippen LogP) is 4.69. The number of H-pyrrole nitrogens is 1. The van der Waals surface area contributed by atoms with Crippen LogP contribution in [-0.2, 0) is 16.6 Å². The van der Waals surface area contributed by atoms with Gasteiger partial charge in [0.05, 0.1) is 11.0 Å². The third-order valence-corrected chi connectivity index (χ3v) is 8.96. The zero-order valence-corrected chi connectivity index (χ0v) is 18.6. The quantitative estimate of drug-likeness (QED) is 0.565. The number of aliphatic hydroxyl groups is 1. The first-order chi connectivity index (χ1) is 14.9. The Kier molecular flexibility index (Phi) is 5.42. The van der Waals surface area contributed by atoms with Crippen molar-refractivity contribution in [2.24, 2.45) is 11.8 Å². The number of sulfonamides is 1. The zero-order valence-electron chi connectivity index (χ0n) is 17.0. The van der Waals surface area contributed by atoms with Crippen LogP contribution >= 0.6 is 11.6 Å². The van der Waals surface area contributed by atoms with Gasteiger partial charge in [-0.3, -0.25) is 0 Å². The number of aromatic nitrogens is 1. The van der Waals surface area contributed by atoms with E-state index in [2.05, 4.69) is 4.98 Å². The predicted molar refractivity (Wildman–Crippen MR) is 121 cm³/mol. The van der Waals surface area contributed by atoms with Gasteiger partial charge in [0.25, 0.3) is 0 Å². The molecule has 4 atom stereocenters. The van der Waals surface area contributed by atoms with Gasteiger partial charge in [0, 0.05) is 35.4 Å². The van der Waals surface area contributed by atoms with Crippen molar-refractivity contribution >= 4 is 21.6 Å². The smallest absolute Gasteiger partial charge is 0.243 e. The Bertz CT molecular complexity index is 1140. The van der Waals surface area contributed by atoms with E-state index in [4.69, 9.17) is 11.6 Å². The van der Waals surface area contributed by atoms with Crippen molar-refractivity contribution in [3.05, 3.63) is 77.4 Å². The molecule has 0 saturated heterocycles. The normalized spacial score (nSPS) is 25.4. The van der Waals surface area contributed by atoms with Gasteiger partial charge in [-0.2, -0.15) is 4.31 Å². The van der Waals surface area contributed by atoms with Crippen molar-refractivity contribution in [3.8, 4) is 11.3 Å². The van der Waals surface area contributed by atoms with Crippen LogP contribution < -0.4 is 0 Å². The number of benzene rings is 2. The minimum absolute atomic E-state index is 0.00901. The van der Waals surface area contributed by atoms with Gasteiger partial charge in [0.2, 0.25) is 10.0 Å². The number of rotatable bonds is 6. The molecular formula is C24H25ClN2O3S. The number of fused-ring (bicyclic) bond motifs is 2. The molecule has 1 aromatic heterocycles. The fourth-order valence-electron chi connectivity index (χ4n) is 5.19. The Balaban J connectivity index is 1.48. The van der Waals surface area contributed by atoms with Gasteiger partial charge in [0.1, 0.15) is 0 Å². The van der Waals surface area contributed by atoms with Gasteiger partial charge in [0.15, 0.2) is 0 Å². The lowest BCUT2D eigenvalue weighted by Gasteiger charge is -2.33. The highest BCUT2D eigenvalue weighted by Crippen LogP contribution is 2.48. The number of hydrogen-bond donors (Lipinski definition) is 2. The second-order valence-electron chi connectivity index (χ2n) is 8.58. The number of aliphatic hydroxyl groups excluding tert-OH is 1. The summed E-state index contributed by atoms with van der Waals surface area (Å²) >= 11 is 5.98. The summed E-state index contributed by atoms with van der Waals surface area (Å²) in [5.74, 6) is 0.179. The van der Waals surface area contributed by atoms with Crippen LogP contribution in [0, 0.1) is 11.8 Å². The van der Waals surface area contributed by atoms with E-state index in [9.17, 15) is 13.5 Å². The largest absolute Gasteiger partial charge is 0.392 e. The molecule has 3 aromatic rings. The van der Waals surface area contributed by atoms with Gasteiger partial charge >= 0.3 is 0 Å². The Morgan fingerprint density at radius 1 is 1.03 bits per heavy atom. The van der Waals surface area contributed by atoms with Crippen LogP contribution in [-0.4, -0.2) is 35.0 Å². The minimum Gasteiger partial charge on any atom is -0.392 e. The first kappa shape index (κ1) is 20.8. The number of halogens is 1. The molecule has 2 aliphatic carbocycles. The topological polar surface area (TPSA) is 73.4 Å². The third kappa shape index (κ3) is 3.82. The second-order valence-corrected chi connectivity index (χ2v) is 10.9. The van der Waals surface area contributed by atoms with Crippen molar-refractivity contribution < 1.29 is 13.5 Å². The van der Waals surface area contributed by atoms with Crippen LogP contribution in [0.2, 0.25) is 5.02 Å². The molecule has 2 bridgehead atoms. The molecule has 1 heterocycles. The highest BCUT2D eigenvalue weighted by atomic mass is 35.5. The lowest BCUT2D eigenvalue weighted by atomic mass is 9.95. The summed E-state index contributed by atoms with van der Waals surface area (Å²) in [6.07, 6.45) is 4.02. The van der Waals surface area contributed by atoms with E-state index in [1.54, 1.807) is 28.6 Å². The fourth-order valence-corrected chi connectivity index (χ4v) is 6.99. The molecule has 2 aliphatic rings. The standard InChI is InChI=1S/C24H25ClN2O3S/c25-19-8-10-20(11-9-19)31(29,30)27(23-14-18-7-12-21(23)24(18)28)15-16-3-5-17(6-4-16)22-2-1-13-26-22/h1-6,8-11,13,18,21,23-24,26,28H,7,12,14-15H2. The summed E-state index contributed by atoms with van der Waals surface area (Å²) in [7, 11) is -3.74. The van der Waals surface area contributed by atoms with Gasteiger partial charge < -0.3 is 10.1 Å². The maximum atomic E-state index is 13.7. The molecule has 5 rings (SSSR count). The van der Waals surface area contributed by atoms with Gasteiger partial charge in [-0.25, -0.2) is 8.42 Å². The first-order valence-corrected chi connectivity index (χ1v) is 12.4. The molecule has 5 nitrogen and oxygen atoms in total. The highest BCUT2D eigenvalue weighted by molar-refractivity contribution is 7.89. The van der Waals surface area contributed by atoms with Crippen LogP contribution in [0.4, 0.5) is 0 Å². The van der Waals surface area contributed by atoms with Crippen LogP contribution in [0.15, 0.2) is 71.8 Å². The summed E-state index contributed by atoms with van der Waals surface area (Å²) in [5.41, 5.74) is 3.00. The van der Waals surface area contributed by atoms with Crippen molar-refractivity contribution in [2.75, 3.05) is 0 Å². The van der Waals surface area contributed by atoms with Crippen molar-refractivity contribution in [1.29, 1.82) is 0 Å². The second kappa shape index (κ2) is 8.10. The molecule has 4 unspecified atom stereocenters. The van der Waals surface area contributed by atoms with E-state index in [-0.39, 0.29) is 29.3 Å². The minimum atomic E-state index is -3.74. The summed E-state index contributed by atoms with van der Waals surface area (Å²) in [6, 6.07) is 18.0. The fraction of sp³-hybridized carbons (Fsp3) is 0.333. The maximum Gasteiger partial charge on any atom is 0.243 e. The molecule has 2 fully saturated rings. The summed E-state index contributed by atoms with van der Waals surface area (Å²) in [6.45, 7) is 0.274. The van der Waals surface area contributed by atoms with E-state index in [0.717, 1.165) is 29.7 Å². The van der Waals surface area contributed by atoms with Gasteiger partial charge in [-0.15, -0.1) is 0 Å². The van der Waals surface area contributed by atoms with Crippen molar-refractivity contribution in [1.82, 2.24) is 9.29 Å². The lowest BCUT2D eigenvalue weighted by molar-refractivity contribution is 0.114. The maximum absolute atomic E-state index is 13.7. The Labute approximate surface area is 187 Å². The Morgan fingerprint density at radius 2 is 1.77 bits per heavy atom. The molecule has 0 amide bonds. The zero-order chi connectivity index (χ0) is 21.6. The van der Waals surface area contributed by atoms with Crippen molar-refractivity contribution in [3.63, 3.8) is 0 Å². The Hall–Kier alpha value is -2.12. The number of hydrogen-bond acceptors (Lipinski definition) is 3. The number of nitrogens with one attached hydrogen (secondary N) is 1. The average molecular weight is 457 g/mol.